The summed E-state index contributed by atoms with van der Waals surface area (Å²) < 4.78 is 18.5. The lowest BCUT2D eigenvalue weighted by molar-refractivity contribution is -0.153. The van der Waals surface area contributed by atoms with E-state index in [-0.39, 0.29) is 18.8 Å². The minimum atomic E-state index is -1.94. The molecule has 0 bridgehead atoms. The predicted octanol–water partition coefficient (Wildman–Crippen LogP) is 2.73. The average Bonchev–Trinajstić information content (AvgIpc) is 3.31. The molecule has 11 heteroatoms. The lowest BCUT2D eigenvalue weighted by Gasteiger charge is -2.34. The van der Waals surface area contributed by atoms with Gasteiger partial charge in [-0.15, -0.1) is 0 Å². The Balaban J connectivity index is 1.33. The topological polar surface area (TPSA) is 134 Å². The fourth-order valence-corrected chi connectivity index (χ4v) is 3.76. The molecule has 2 N–H and O–H groups in total. The van der Waals surface area contributed by atoms with Gasteiger partial charge >= 0.3 is 6.03 Å². The van der Waals surface area contributed by atoms with Gasteiger partial charge in [-0.1, -0.05) is 0 Å². The molecule has 0 saturated carbocycles. The standard InChI is InChI=1S/C25H21N5O6/c1-34-12-10-25(22(31)27-24(33)28-23(25)32)36-19-6-4-18(5-7-19)35-20-8-9-21-16(13-20)15-30(29-21)17-3-2-11-26-14-17/h2-9,11,13-15H,10,12H2,1H3,(H2,27,28,31,32,33). The van der Waals surface area contributed by atoms with Gasteiger partial charge in [-0.05, 0) is 54.6 Å². The van der Waals surface area contributed by atoms with Crippen molar-refractivity contribution in [2.45, 2.75) is 12.0 Å². The first-order valence-electron chi connectivity index (χ1n) is 11.0. The van der Waals surface area contributed by atoms with Crippen LogP contribution in [0.2, 0.25) is 0 Å². The predicted molar refractivity (Wildman–Crippen MR) is 127 cm³/mol. The van der Waals surface area contributed by atoms with Gasteiger partial charge in [0.25, 0.3) is 17.4 Å². The summed E-state index contributed by atoms with van der Waals surface area (Å²) in [6, 6.07) is 14.8. The summed E-state index contributed by atoms with van der Waals surface area (Å²) in [6.45, 7) is 0.0655. The molecular formula is C25H21N5O6. The first-order valence-corrected chi connectivity index (χ1v) is 11.0. The summed E-state index contributed by atoms with van der Waals surface area (Å²) in [5.74, 6) is -0.350. The number of urea groups is 1. The van der Waals surface area contributed by atoms with E-state index in [2.05, 4.69) is 20.7 Å². The molecule has 1 fully saturated rings. The van der Waals surface area contributed by atoms with E-state index < -0.39 is 23.4 Å². The van der Waals surface area contributed by atoms with E-state index in [0.29, 0.717) is 11.5 Å². The number of fused-ring (bicyclic) bond motifs is 1. The first kappa shape index (κ1) is 23.0. The number of carbonyl (C=O) groups excluding carboxylic acids is 3. The molecule has 11 nitrogen and oxygen atoms in total. The van der Waals surface area contributed by atoms with Crippen molar-refractivity contribution in [2.75, 3.05) is 13.7 Å². The van der Waals surface area contributed by atoms with Gasteiger partial charge in [0.1, 0.15) is 17.2 Å². The zero-order valence-corrected chi connectivity index (χ0v) is 19.1. The fourth-order valence-electron chi connectivity index (χ4n) is 3.76. The first-order chi connectivity index (χ1) is 17.5. The number of barbiturate groups is 1. The van der Waals surface area contributed by atoms with E-state index in [1.807, 2.05) is 30.5 Å². The maximum atomic E-state index is 12.5. The Labute approximate surface area is 205 Å². The fraction of sp³-hybridized carbons (Fsp3) is 0.160. The molecule has 1 aliphatic rings. The summed E-state index contributed by atoms with van der Waals surface area (Å²) in [5.41, 5.74) is -0.287. The van der Waals surface area contributed by atoms with Crippen molar-refractivity contribution in [3.05, 3.63) is 73.2 Å². The summed E-state index contributed by atoms with van der Waals surface area (Å²) in [5, 5.41) is 9.59. The molecule has 4 aromatic rings. The number of imide groups is 2. The Morgan fingerprint density at radius 3 is 2.36 bits per heavy atom. The molecule has 182 valence electrons. The van der Waals surface area contributed by atoms with Crippen molar-refractivity contribution in [1.82, 2.24) is 25.4 Å². The highest BCUT2D eigenvalue weighted by molar-refractivity contribution is 6.21. The lowest BCUT2D eigenvalue weighted by atomic mass is 9.95. The van der Waals surface area contributed by atoms with E-state index in [4.69, 9.17) is 14.2 Å². The van der Waals surface area contributed by atoms with E-state index >= 15 is 0 Å². The number of amides is 4. The number of hydrogen-bond donors (Lipinski definition) is 2. The van der Waals surface area contributed by atoms with Gasteiger partial charge in [0, 0.05) is 31.3 Å². The van der Waals surface area contributed by atoms with Gasteiger partial charge < -0.3 is 14.2 Å². The zero-order chi connectivity index (χ0) is 25.1. The number of nitrogens with one attached hydrogen (secondary N) is 2. The highest BCUT2D eigenvalue weighted by Gasteiger charge is 2.52. The average molecular weight is 487 g/mol. The second-order valence-corrected chi connectivity index (χ2v) is 7.99. The number of aromatic nitrogens is 3. The third kappa shape index (κ3) is 4.46. The molecule has 0 spiro atoms. The van der Waals surface area contributed by atoms with Crippen LogP contribution >= 0.6 is 0 Å². The molecule has 0 atom stereocenters. The number of benzene rings is 2. The molecule has 4 amide bonds. The van der Waals surface area contributed by atoms with Crippen molar-refractivity contribution >= 4 is 28.7 Å². The summed E-state index contributed by atoms with van der Waals surface area (Å²) >= 11 is 0. The van der Waals surface area contributed by atoms with Gasteiger partial charge in [0.05, 0.1) is 24.0 Å². The molecule has 1 saturated heterocycles. The van der Waals surface area contributed by atoms with Crippen molar-refractivity contribution in [2.24, 2.45) is 0 Å². The maximum absolute atomic E-state index is 12.5. The van der Waals surface area contributed by atoms with Crippen molar-refractivity contribution < 1.29 is 28.6 Å². The summed E-state index contributed by atoms with van der Waals surface area (Å²) in [4.78, 5) is 40.7. The quantitative estimate of drug-likeness (QED) is 0.363. The number of ether oxygens (including phenoxy) is 3. The number of methoxy groups -OCH3 is 1. The van der Waals surface area contributed by atoms with E-state index in [9.17, 15) is 14.4 Å². The third-order valence-corrected chi connectivity index (χ3v) is 5.58. The Morgan fingerprint density at radius 2 is 1.67 bits per heavy atom. The number of nitrogens with zero attached hydrogens (tertiary/aromatic N) is 3. The normalized spacial score (nSPS) is 14.9. The molecule has 2 aromatic heterocycles. The van der Waals surface area contributed by atoms with Crippen LogP contribution < -0.4 is 20.1 Å². The number of hydrogen-bond acceptors (Lipinski definition) is 8. The van der Waals surface area contributed by atoms with Gasteiger partial charge in [0.15, 0.2) is 0 Å². The smallest absolute Gasteiger partial charge is 0.328 e. The minimum Gasteiger partial charge on any atom is -0.467 e. The van der Waals surface area contributed by atoms with Crippen LogP contribution in [-0.4, -0.2) is 51.9 Å². The Hall–Kier alpha value is -4.77. The lowest BCUT2D eigenvalue weighted by Crippen LogP contribution is -2.69. The Morgan fingerprint density at radius 1 is 0.944 bits per heavy atom. The number of rotatable bonds is 8. The molecule has 5 rings (SSSR count). The highest BCUT2D eigenvalue weighted by atomic mass is 16.5. The van der Waals surface area contributed by atoms with Gasteiger partial charge in [0.2, 0.25) is 0 Å². The molecule has 1 aliphatic heterocycles. The molecule has 0 aliphatic carbocycles. The number of carbonyl (C=O) groups is 3. The van der Waals surface area contributed by atoms with Gasteiger partial charge in [-0.2, -0.15) is 5.10 Å². The van der Waals surface area contributed by atoms with Crippen LogP contribution in [0.15, 0.2) is 73.2 Å². The second-order valence-electron chi connectivity index (χ2n) is 7.99. The Bertz CT molecular complexity index is 1410. The summed E-state index contributed by atoms with van der Waals surface area (Å²) in [7, 11) is 1.44. The van der Waals surface area contributed by atoms with Crippen LogP contribution in [-0.2, 0) is 14.3 Å². The van der Waals surface area contributed by atoms with Crippen LogP contribution in [0.4, 0.5) is 4.79 Å². The van der Waals surface area contributed by atoms with Crippen LogP contribution in [0, 0.1) is 0 Å². The van der Waals surface area contributed by atoms with Gasteiger partial charge in [-0.25, -0.2) is 9.48 Å². The highest BCUT2D eigenvalue weighted by Crippen LogP contribution is 2.30. The van der Waals surface area contributed by atoms with Crippen LogP contribution in [0.5, 0.6) is 17.2 Å². The van der Waals surface area contributed by atoms with E-state index in [1.165, 1.54) is 7.11 Å². The van der Waals surface area contributed by atoms with Crippen molar-refractivity contribution in [1.29, 1.82) is 0 Å². The number of pyridine rings is 1. The minimum absolute atomic E-state index is 0.0655. The van der Waals surface area contributed by atoms with Crippen molar-refractivity contribution in [3.8, 4) is 22.9 Å². The van der Waals surface area contributed by atoms with E-state index in [1.54, 1.807) is 47.4 Å². The van der Waals surface area contributed by atoms with Crippen LogP contribution in [0.3, 0.4) is 0 Å². The Kier molecular flexibility index (Phi) is 6.05. The maximum Gasteiger partial charge on any atom is 0.328 e. The summed E-state index contributed by atoms with van der Waals surface area (Å²) in [6.07, 6.45) is 5.23. The SMILES string of the molecule is COCCC1(Oc2ccc(Oc3ccc4nn(-c5cccnc5)cc4c3)cc2)C(=O)NC(=O)NC1=O. The molecule has 3 heterocycles. The molecule has 2 aromatic carbocycles. The molecular weight excluding hydrogens is 466 g/mol. The molecule has 0 unspecified atom stereocenters. The van der Waals surface area contributed by atoms with Gasteiger partial charge in [-0.3, -0.25) is 25.2 Å². The van der Waals surface area contributed by atoms with E-state index in [0.717, 1.165) is 16.6 Å². The van der Waals surface area contributed by atoms with Crippen molar-refractivity contribution in [3.63, 3.8) is 0 Å². The van der Waals surface area contributed by atoms with Crippen LogP contribution in [0.25, 0.3) is 16.6 Å². The van der Waals surface area contributed by atoms with Crippen LogP contribution in [0.1, 0.15) is 6.42 Å². The molecule has 0 radical (unpaired) electrons. The second kappa shape index (κ2) is 9.47. The zero-order valence-electron chi connectivity index (χ0n) is 19.1. The monoisotopic (exact) mass is 487 g/mol. The molecule has 36 heavy (non-hydrogen) atoms. The third-order valence-electron chi connectivity index (χ3n) is 5.58. The largest absolute Gasteiger partial charge is 0.467 e.